The van der Waals surface area contributed by atoms with Gasteiger partial charge in [-0.1, -0.05) is 11.6 Å². The summed E-state index contributed by atoms with van der Waals surface area (Å²) < 4.78 is 7.24. The summed E-state index contributed by atoms with van der Waals surface area (Å²) in [6, 6.07) is -0.0850. The minimum absolute atomic E-state index is 0.00754. The lowest BCUT2D eigenvalue weighted by Crippen LogP contribution is -2.32. The summed E-state index contributed by atoms with van der Waals surface area (Å²) in [5.74, 6) is 0.487. The van der Waals surface area contributed by atoms with E-state index >= 15 is 0 Å². The Kier molecular flexibility index (Phi) is 6.45. The molecule has 3 rings (SSSR count). The Morgan fingerprint density at radius 1 is 1.48 bits per heavy atom. The molecule has 1 aliphatic carbocycles. The summed E-state index contributed by atoms with van der Waals surface area (Å²) in [4.78, 5) is 20.8. The Bertz CT molecular complexity index is 902. The number of nitrogens with zero attached hydrogens (tertiary/aromatic N) is 6. The van der Waals surface area contributed by atoms with Crippen molar-refractivity contribution in [3.05, 3.63) is 32.3 Å². The van der Waals surface area contributed by atoms with Crippen LogP contribution in [-0.2, 0) is 0 Å². The predicted molar refractivity (Wildman–Crippen MR) is 108 cm³/mol. The average Bonchev–Trinajstić information content (AvgIpc) is 2.96. The number of anilines is 1. The van der Waals surface area contributed by atoms with Crippen molar-refractivity contribution >= 4 is 34.7 Å². The van der Waals surface area contributed by atoms with Gasteiger partial charge in [-0.2, -0.15) is 4.98 Å². The molecule has 0 aromatic carbocycles. The van der Waals surface area contributed by atoms with Gasteiger partial charge >= 0.3 is 11.6 Å². The molecule has 2 heterocycles. The number of hydrogen-bond donors (Lipinski definition) is 1. The fourth-order valence-electron chi connectivity index (χ4n) is 3.22. The zero-order valence-corrected chi connectivity index (χ0v) is 17.8. The smallest absolute Gasteiger partial charge is 0.352 e. The van der Waals surface area contributed by atoms with E-state index < -0.39 is 4.92 Å². The van der Waals surface area contributed by atoms with Crippen molar-refractivity contribution in [3.63, 3.8) is 0 Å². The van der Waals surface area contributed by atoms with Gasteiger partial charge in [0.1, 0.15) is 10.7 Å². The van der Waals surface area contributed by atoms with Crippen molar-refractivity contribution in [1.29, 1.82) is 0 Å². The van der Waals surface area contributed by atoms with Gasteiger partial charge in [0, 0.05) is 19.5 Å². The minimum atomic E-state index is -0.485. The molecule has 1 aliphatic rings. The molecular weight excluding hydrogens is 423 g/mol. The first-order chi connectivity index (χ1) is 13.7. The highest BCUT2D eigenvalue weighted by atomic mass is 35.5. The summed E-state index contributed by atoms with van der Waals surface area (Å²) in [7, 11) is 1.82. The van der Waals surface area contributed by atoms with Gasteiger partial charge in [-0.05, 0) is 38.3 Å². The van der Waals surface area contributed by atoms with Crippen LogP contribution >= 0.6 is 23.2 Å². The number of aliphatic hydroxyl groups is 1. The van der Waals surface area contributed by atoms with Crippen LogP contribution in [0.3, 0.4) is 0 Å². The first kappa shape index (κ1) is 21.5. The van der Waals surface area contributed by atoms with Crippen molar-refractivity contribution in [2.75, 3.05) is 18.6 Å². The second kappa shape index (κ2) is 8.68. The molecule has 0 amide bonds. The third-order valence-corrected chi connectivity index (χ3v) is 5.62. The molecule has 1 fully saturated rings. The van der Waals surface area contributed by atoms with Crippen molar-refractivity contribution in [3.8, 4) is 5.88 Å². The Balaban J connectivity index is 1.66. The summed E-state index contributed by atoms with van der Waals surface area (Å²) >= 11 is 12.0. The van der Waals surface area contributed by atoms with Crippen LogP contribution in [0.25, 0.3) is 0 Å². The van der Waals surface area contributed by atoms with Crippen LogP contribution in [-0.4, -0.2) is 55.6 Å². The highest BCUT2D eigenvalue weighted by Crippen LogP contribution is 2.38. The van der Waals surface area contributed by atoms with Gasteiger partial charge in [-0.3, -0.25) is 14.8 Å². The summed E-state index contributed by atoms with van der Waals surface area (Å²) in [6.45, 7) is 3.80. The molecule has 1 saturated carbocycles. The highest BCUT2D eigenvalue weighted by Gasteiger charge is 2.35. The number of ether oxygens (including phenoxy) is 1. The van der Waals surface area contributed by atoms with E-state index in [2.05, 4.69) is 15.1 Å². The number of halogens is 2. The van der Waals surface area contributed by atoms with E-state index in [0.717, 1.165) is 0 Å². The van der Waals surface area contributed by atoms with Crippen LogP contribution in [0, 0.1) is 17.0 Å². The first-order valence-electron chi connectivity index (χ1n) is 9.14. The lowest BCUT2D eigenvalue weighted by Gasteiger charge is -2.31. The van der Waals surface area contributed by atoms with Gasteiger partial charge in [-0.15, -0.1) is 5.10 Å². The molecular formula is C17H22Cl2N6O4. The molecule has 12 heteroatoms. The Hall–Kier alpha value is -2.17. The maximum Gasteiger partial charge on any atom is 0.352 e. The molecule has 1 atom stereocenters. The number of nitro groups is 1. The highest BCUT2D eigenvalue weighted by molar-refractivity contribution is 6.33. The summed E-state index contributed by atoms with van der Waals surface area (Å²) in [5, 5.41) is 25.7. The molecule has 1 N–H and O–H groups in total. The van der Waals surface area contributed by atoms with E-state index in [0.29, 0.717) is 35.8 Å². The molecule has 10 nitrogen and oxygen atoms in total. The fraction of sp³-hybridized carbons (Fsp3) is 0.588. The molecule has 29 heavy (non-hydrogen) atoms. The van der Waals surface area contributed by atoms with E-state index in [4.69, 9.17) is 27.9 Å². The molecule has 2 aromatic heterocycles. The van der Waals surface area contributed by atoms with E-state index in [-0.39, 0.29) is 41.6 Å². The SMILES string of the molecule is Cc1c([N+](=O)[O-])c(OCCC(C)N(C)c2nc(Cl)ncc2Cl)nn1C1CC(O)C1. The number of rotatable bonds is 8. The number of aromatic nitrogens is 4. The number of aliphatic hydroxyl groups excluding tert-OH is 1. The maximum absolute atomic E-state index is 11.5. The van der Waals surface area contributed by atoms with Gasteiger partial charge in [0.2, 0.25) is 5.28 Å². The van der Waals surface area contributed by atoms with Crippen molar-refractivity contribution < 1.29 is 14.8 Å². The van der Waals surface area contributed by atoms with E-state index in [1.807, 2.05) is 18.9 Å². The van der Waals surface area contributed by atoms with Crippen LogP contribution < -0.4 is 9.64 Å². The van der Waals surface area contributed by atoms with E-state index in [9.17, 15) is 15.2 Å². The normalized spacial score (nSPS) is 19.5. The first-order valence-corrected chi connectivity index (χ1v) is 9.89. The zero-order valence-electron chi connectivity index (χ0n) is 16.2. The zero-order chi connectivity index (χ0) is 21.3. The van der Waals surface area contributed by atoms with Crippen LogP contribution in [0.2, 0.25) is 10.3 Å². The monoisotopic (exact) mass is 444 g/mol. The van der Waals surface area contributed by atoms with Gasteiger partial charge in [0.25, 0.3) is 0 Å². The van der Waals surface area contributed by atoms with Crippen molar-refractivity contribution in [2.45, 2.75) is 51.3 Å². The Morgan fingerprint density at radius 2 is 2.17 bits per heavy atom. The minimum Gasteiger partial charge on any atom is -0.472 e. The number of hydrogen-bond acceptors (Lipinski definition) is 8. The molecule has 0 radical (unpaired) electrons. The molecule has 0 bridgehead atoms. The van der Waals surface area contributed by atoms with Crippen LogP contribution in [0.4, 0.5) is 11.5 Å². The second-order valence-electron chi connectivity index (χ2n) is 7.13. The van der Waals surface area contributed by atoms with Crippen molar-refractivity contribution in [2.24, 2.45) is 0 Å². The van der Waals surface area contributed by atoms with Gasteiger partial charge in [-0.25, -0.2) is 4.98 Å². The molecule has 0 aliphatic heterocycles. The third kappa shape index (κ3) is 4.54. The molecule has 1 unspecified atom stereocenters. The quantitative estimate of drug-likeness (QED) is 0.374. The van der Waals surface area contributed by atoms with Crippen LogP contribution in [0.1, 0.15) is 37.9 Å². The second-order valence-corrected chi connectivity index (χ2v) is 7.87. The van der Waals surface area contributed by atoms with Gasteiger partial charge in [0.15, 0.2) is 5.82 Å². The fourth-order valence-corrected chi connectivity index (χ4v) is 3.57. The van der Waals surface area contributed by atoms with Crippen LogP contribution in [0.5, 0.6) is 5.88 Å². The van der Waals surface area contributed by atoms with E-state index in [1.54, 1.807) is 11.6 Å². The van der Waals surface area contributed by atoms with Gasteiger partial charge < -0.3 is 14.7 Å². The Labute approximate surface area is 177 Å². The average molecular weight is 445 g/mol. The lowest BCUT2D eigenvalue weighted by atomic mass is 9.89. The van der Waals surface area contributed by atoms with E-state index in [1.165, 1.54) is 6.20 Å². The van der Waals surface area contributed by atoms with Gasteiger partial charge in [0.05, 0.1) is 29.9 Å². The third-order valence-electron chi connectivity index (χ3n) is 5.17. The molecule has 2 aromatic rings. The molecule has 0 spiro atoms. The Morgan fingerprint density at radius 3 is 2.79 bits per heavy atom. The largest absolute Gasteiger partial charge is 0.472 e. The molecule has 158 valence electrons. The summed E-state index contributed by atoms with van der Waals surface area (Å²) in [6.07, 6.45) is 2.65. The maximum atomic E-state index is 11.5. The topological polar surface area (TPSA) is 119 Å². The lowest BCUT2D eigenvalue weighted by molar-refractivity contribution is -0.386. The summed E-state index contributed by atoms with van der Waals surface area (Å²) in [5.41, 5.74) is 0.285. The van der Waals surface area contributed by atoms with Crippen molar-refractivity contribution in [1.82, 2.24) is 19.7 Å². The van der Waals surface area contributed by atoms with Crippen LogP contribution in [0.15, 0.2) is 6.20 Å². The predicted octanol–water partition coefficient (Wildman–Crippen LogP) is 3.19. The standard InChI is InChI=1S/C17H22Cl2N6O4/c1-9(23(3)15-13(18)8-20-17(19)21-15)4-5-29-16-14(25(27)28)10(2)24(22-16)11-6-12(26)7-11/h8-9,11-12,26H,4-7H2,1-3H3. The molecule has 0 saturated heterocycles.